The minimum atomic E-state index is 0.542. The molecule has 0 spiro atoms. The molecule has 3 heterocycles. The molecule has 1 fully saturated rings. The Labute approximate surface area is 132 Å². The van der Waals surface area contributed by atoms with Crippen molar-refractivity contribution >= 4 is 0 Å². The fourth-order valence-corrected chi connectivity index (χ4v) is 3.47. The Bertz CT molecular complexity index is 624. The summed E-state index contributed by atoms with van der Waals surface area (Å²) >= 11 is 0. The third-order valence-electron chi connectivity index (χ3n) is 4.78. The van der Waals surface area contributed by atoms with Crippen molar-refractivity contribution < 1.29 is 4.52 Å². The van der Waals surface area contributed by atoms with E-state index in [2.05, 4.69) is 39.8 Å². The van der Waals surface area contributed by atoms with E-state index < -0.39 is 0 Å². The molecule has 0 N–H and O–H groups in total. The molecule has 0 radical (unpaired) electrons. The van der Waals surface area contributed by atoms with Crippen LogP contribution in [0, 0.1) is 27.7 Å². The zero-order chi connectivity index (χ0) is 15.7. The molecule has 0 aromatic carbocycles. The van der Waals surface area contributed by atoms with E-state index in [0.29, 0.717) is 6.04 Å². The lowest BCUT2D eigenvalue weighted by atomic mass is 10.0. The van der Waals surface area contributed by atoms with Crippen LogP contribution in [0.5, 0.6) is 0 Å². The van der Waals surface area contributed by atoms with Crippen LogP contribution in [0.3, 0.4) is 0 Å². The van der Waals surface area contributed by atoms with Crippen LogP contribution in [0.15, 0.2) is 10.6 Å². The fraction of sp³-hybridized carbons (Fsp3) is 0.647. The summed E-state index contributed by atoms with van der Waals surface area (Å²) in [6.45, 7) is 11.3. The first kappa shape index (κ1) is 15.3. The summed E-state index contributed by atoms with van der Waals surface area (Å²) in [5.74, 6) is 0.952. The van der Waals surface area contributed by atoms with Gasteiger partial charge in [-0.05, 0) is 53.1 Å². The maximum absolute atomic E-state index is 5.32. The summed E-state index contributed by atoms with van der Waals surface area (Å²) in [6.07, 6.45) is 3.82. The van der Waals surface area contributed by atoms with E-state index in [1.807, 2.05) is 13.8 Å². The van der Waals surface area contributed by atoms with Crippen LogP contribution in [0.1, 0.15) is 47.7 Å². The van der Waals surface area contributed by atoms with Gasteiger partial charge in [0, 0.05) is 23.8 Å². The monoisotopic (exact) mass is 302 g/mol. The Hall–Kier alpha value is -1.62. The first-order chi connectivity index (χ1) is 10.5. The molecule has 1 atom stereocenters. The number of nitrogens with zero attached hydrogens (tertiary/aromatic N) is 4. The van der Waals surface area contributed by atoms with Gasteiger partial charge < -0.3 is 4.52 Å². The van der Waals surface area contributed by atoms with Crippen LogP contribution in [0.2, 0.25) is 0 Å². The maximum Gasteiger partial charge on any atom is 0.138 e. The minimum absolute atomic E-state index is 0.542. The number of aromatic nitrogens is 3. The molecule has 1 aliphatic rings. The quantitative estimate of drug-likeness (QED) is 0.870. The maximum atomic E-state index is 5.32. The van der Waals surface area contributed by atoms with Crippen molar-refractivity contribution in [3.05, 3.63) is 34.5 Å². The van der Waals surface area contributed by atoms with Gasteiger partial charge in [-0.2, -0.15) is 5.10 Å². The molecule has 1 aliphatic heterocycles. The van der Waals surface area contributed by atoms with Crippen molar-refractivity contribution in [2.75, 3.05) is 6.54 Å². The second-order valence-corrected chi connectivity index (χ2v) is 6.53. The third-order valence-corrected chi connectivity index (χ3v) is 4.78. The molecule has 1 saturated heterocycles. The predicted molar refractivity (Wildman–Crippen MR) is 85.7 cm³/mol. The van der Waals surface area contributed by atoms with Crippen LogP contribution >= 0.6 is 0 Å². The van der Waals surface area contributed by atoms with Crippen LogP contribution in [0.25, 0.3) is 0 Å². The molecule has 120 valence electrons. The standard InChI is InChI=1S/C17H26N4O/c1-12-9-13(2)21(18-12)10-16-7-5-6-8-20(16)11-17-14(3)19-22-15(17)4/h9,16H,5-8,10-11H2,1-4H3/t16-/m1/s1. The molecular formula is C17H26N4O. The van der Waals surface area contributed by atoms with Crippen LogP contribution < -0.4 is 0 Å². The molecule has 5 nitrogen and oxygen atoms in total. The Balaban J connectivity index is 1.75. The molecule has 0 aliphatic carbocycles. The van der Waals surface area contributed by atoms with Gasteiger partial charge >= 0.3 is 0 Å². The first-order valence-corrected chi connectivity index (χ1v) is 8.21. The van der Waals surface area contributed by atoms with Gasteiger partial charge in [-0.25, -0.2) is 0 Å². The molecule has 0 bridgehead atoms. The highest BCUT2D eigenvalue weighted by Gasteiger charge is 2.25. The van der Waals surface area contributed by atoms with Crippen molar-refractivity contribution in [2.24, 2.45) is 0 Å². The van der Waals surface area contributed by atoms with Gasteiger partial charge in [0.2, 0.25) is 0 Å². The molecule has 0 saturated carbocycles. The Morgan fingerprint density at radius 2 is 2.05 bits per heavy atom. The number of rotatable bonds is 4. The lowest BCUT2D eigenvalue weighted by Gasteiger charge is -2.35. The zero-order valence-corrected chi connectivity index (χ0v) is 14.1. The van der Waals surface area contributed by atoms with E-state index in [1.165, 1.54) is 30.5 Å². The number of hydrogen-bond donors (Lipinski definition) is 0. The van der Waals surface area contributed by atoms with Gasteiger partial charge in [-0.3, -0.25) is 9.58 Å². The van der Waals surface area contributed by atoms with Gasteiger partial charge in [0.15, 0.2) is 0 Å². The van der Waals surface area contributed by atoms with Crippen molar-refractivity contribution in [1.29, 1.82) is 0 Å². The van der Waals surface area contributed by atoms with Crippen LogP contribution in [-0.4, -0.2) is 32.4 Å². The fourth-order valence-electron chi connectivity index (χ4n) is 3.47. The molecular weight excluding hydrogens is 276 g/mol. The molecule has 0 unspecified atom stereocenters. The number of aryl methyl sites for hydroxylation is 4. The molecule has 22 heavy (non-hydrogen) atoms. The summed E-state index contributed by atoms with van der Waals surface area (Å²) in [7, 11) is 0. The molecule has 5 heteroatoms. The number of piperidine rings is 1. The van der Waals surface area contributed by atoms with Crippen molar-refractivity contribution in [1.82, 2.24) is 19.8 Å². The second kappa shape index (κ2) is 6.24. The molecule has 0 amide bonds. The summed E-state index contributed by atoms with van der Waals surface area (Å²) in [6, 6.07) is 2.70. The third kappa shape index (κ3) is 3.09. The van der Waals surface area contributed by atoms with Gasteiger partial charge in [0.05, 0.1) is 17.9 Å². The Morgan fingerprint density at radius 1 is 1.23 bits per heavy atom. The summed E-state index contributed by atoms with van der Waals surface area (Å²) < 4.78 is 7.48. The molecule has 3 rings (SSSR count). The zero-order valence-electron chi connectivity index (χ0n) is 14.1. The molecule has 2 aromatic rings. The number of likely N-dealkylation sites (tertiary alicyclic amines) is 1. The van der Waals surface area contributed by atoms with E-state index in [-0.39, 0.29) is 0 Å². The Kier molecular flexibility index (Phi) is 4.34. The number of hydrogen-bond acceptors (Lipinski definition) is 4. The largest absolute Gasteiger partial charge is 0.361 e. The Morgan fingerprint density at radius 3 is 2.68 bits per heavy atom. The predicted octanol–water partition coefficient (Wildman–Crippen LogP) is 3.16. The highest BCUT2D eigenvalue weighted by atomic mass is 16.5. The van der Waals surface area contributed by atoms with Gasteiger partial charge in [0.25, 0.3) is 0 Å². The molecule has 2 aromatic heterocycles. The average molecular weight is 302 g/mol. The first-order valence-electron chi connectivity index (χ1n) is 8.21. The van der Waals surface area contributed by atoms with Gasteiger partial charge in [-0.1, -0.05) is 11.6 Å². The van der Waals surface area contributed by atoms with Gasteiger partial charge in [-0.15, -0.1) is 0 Å². The van der Waals surface area contributed by atoms with Crippen molar-refractivity contribution in [3.8, 4) is 0 Å². The second-order valence-electron chi connectivity index (χ2n) is 6.53. The summed E-state index contributed by atoms with van der Waals surface area (Å²) in [5.41, 5.74) is 4.62. The van der Waals surface area contributed by atoms with Crippen molar-refractivity contribution in [3.63, 3.8) is 0 Å². The summed E-state index contributed by atoms with van der Waals surface area (Å²) in [4.78, 5) is 2.58. The van der Waals surface area contributed by atoms with Crippen LogP contribution in [-0.2, 0) is 13.1 Å². The normalized spacial score (nSPS) is 19.7. The van der Waals surface area contributed by atoms with E-state index in [4.69, 9.17) is 4.52 Å². The van der Waals surface area contributed by atoms with E-state index >= 15 is 0 Å². The highest BCUT2D eigenvalue weighted by Crippen LogP contribution is 2.24. The van der Waals surface area contributed by atoms with E-state index in [0.717, 1.165) is 36.8 Å². The average Bonchev–Trinajstić information content (AvgIpc) is 2.96. The van der Waals surface area contributed by atoms with E-state index in [1.54, 1.807) is 0 Å². The topological polar surface area (TPSA) is 47.1 Å². The van der Waals surface area contributed by atoms with E-state index in [9.17, 15) is 0 Å². The minimum Gasteiger partial charge on any atom is -0.361 e. The smallest absolute Gasteiger partial charge is 0.138 e. The summed E-state index contributed by atoms with van der Waals surface area (Å²) in [5, 5.41) is 8.72. The highest BCUT2D eigenvalue weighted by molar-refractivity contribution is 5.20. The van der Waals surface area contributed by atoms with Crippen molar-refractivity contribution in [2.45, 2.75) is 66.1 Å². The van der Waals surface area contributed by atoms with Crippen LogP contribution in [0.4, 0.5) is 0 Å². The van der Waals surface area contributed by atoms with Gasteiger partial charge in [0.1, 0.15) is 5.76 Å². The lowest BCUT2D eigenvalue weighted by Crippen LogP contribution is -2.42. The SMILES string of the molecule is Cc1cc(C)n(C[C@H]2CCCCN2Cc2c(C)noc2C)n1. The lowest BCUT2D eigenvalue weighted by molar-refractivity contribution is 0.120.